The third-order valence-corrected chi connectivity index (χ3v) is 10.2. The van der Waals surface area contributed by atoms with E-state index in [0.717, 1.165) is 59.8 Å². The van der Waals surface area contributed by atoms with Crippen LogP contribution >= 0.6 is 0 Å². The van der Waals surface area contributed by atoms with Crippen molar-refractivity contribution in [3.05, 3.63) is 58.8 Å². The molecule has 2 amide bonds. The molecule has 1 saturated heterocycles. The largest absolute Gasteiger partial charge is 0.494 e. The van der Waals surface area contributed by atoms with Gasteiger partial charge in [-0.15, -0.1) is 0 Å². The average molecular weight is 717 g/mol. The highest BCUT2D eigenvalue weighted by Gasteiger charge is 2.36. The van der Waals surface area contributed by atoms with Crippen LogP contribution in [-0.4, -0.2) is 89.9 Å². The predicted octanol–water partition coefficient (Wildman–Crippen LogP) is 6.85. The SMILES string of the molecule is COC(=O)CCCN1C(=O)N(c2c(C)cccc2C)Cc2cnc(Nc3cc(C(O[Si](C)C)C(C)(C)C)c(N4CCN(C)CC4)cc3OC)nc21. The van der Waals surface area contributed by atoms with Gasteiger partial charge >= 0.3 is 12.0 Å². The molecule has 3 aromatic rings. The molecule has 2 aliphatic heterocycles. The number of ether oxygens (including phenoxy) is 2. The molecular formula is C38H54N7O5Si. The van der Waals surface area contributed by atoms with E-state index < -0.39 is 9.04 Å². The number of rotatable bonds is 12. The maximum Gasteiger partial charge on any atom is 0.330 e. The fourth-order valence-electron chi connectivity index (χ4n) is 6.82. The summed E-state index contributed by atoms with van der Waals surface area (Å²) < 4.78 is 17.6. The first kappa shape index (κ1) is 38.0. The number of likely N-dealkylation sites (N-methyl/N-ethyl adjacent to an activating group) is 1. The van der Waals surface area contributed by atoms with Crippen molar-refractivity contribution in [1.82, 2.24) is 14.9 Å². The second-order valence-corrected chi connectivity index (χ2v) is 16.8. The second-order valence-electron chi connectivity index (χ2n) is 14.8. The van der Waals surface area contributed by atoms with Crippen LogP contribution in [0.3, 0.4) is 0 Å². The number of anilines is 5. The van der Waals surface area contributed by atoms with Gasteiger partial charge in [0.05, 0.1) is 38.2 Å². The number of hydrogen-bond donors (Lipinski definition) is 1. The normalized spacial score (nSPS) is 16.0. The highest BCUT2D eigenvalue weighted by atomic mass is 28.3. The van der Waals surface area contributed by atoms with Gasteiger partial charge in [0.15, 0.2) is 0 Å². The van der Waals surface area contributed by atoms with E-state index in [2.05, 4.69) is 68.2 Å². The number of benzene rings is 2. The molecule has 0 bridgehead atoms. The minimum Gasteiger partial charge on any atom is -0.494 e. The number of aromatic nitrogens is 2. The van der Waals surface area contributed by atoms with Gasteiger partial charge in [-0.05, 0) is 63.0 Å². The van der Waals surface area contributed by atoms with Gasteiger partial charge < -0.3 is 29.0 Å². The van der Waals surface area contributed by atoms with Crippen LogP contribution in [0.15, 0.2) is 36.5 Å². The van der Waals surface area contributed by atoms with Crippen LogP contribution < -0.4 is 24.8 Å². The monoisotopic (exact) mass is 716 g/mol. The average Bonchev–Trinajstić information content (AvgIpc) is 3.08. The van der Waals surface area contributed by atoms with Gasteiger partial charge in [-0.3, -0.25) is 14.6 Å². The first-order valence-electron chi connectivity index (χ1n) is 17.7. The fourth-order valence-corrected chi connectivity index (χ4v) is 7.77. The summed E-state index contributed by atoms with van der Waals surface area (Å²) >= 11 is 0. The smallest absolute Gasteiger partial charge is 0.330 e. The van der Waals surface area contributed by atoms with Crippen LogP contribution in [0.2, 0.25) is 13.1 Å². The zero-order valence-corrected chi connectivity index (χ0v) is 32.9. The summed E-state index contributed by atoms with van der Waals surface area (Å²) in [5.74, 6) is 1.18. The zero-order chi connectivity index (χ0) is 37.0. The third-order valence-electron chi connectivity index (χ3n) is 9.45. The zero-order valence-electron chi connectivity index (χ0n) is 31.9. The summed E-state index contributed by atoms with van der Waals surface area (Å²) in [6.45, 7) is 19.3. The number of urea groups is 1. The lowest BCUT2D eigenvalue weighted by Gasteiger charge is -2.40. The van der Waals surface area contributed by atoms with Crippen molar-refractivity contribution >= 4 is 49.9 Å². The number of carbonyl (C=O) groups is 2. The molecule has 13 heteroatoms. The Hall–Kier alpha value is -4.20. The van der Waals surface area contributed by atoms with E-state index in [4.69, 9.17) is 23.9 Å². The highest BCUT2D eigenvalue weighted by Crippen LogP contribution is 2.46. The molecule has 1 N–H and O–H groups in total. The van der Waals surface area contributed by atoms with E-state index in [1.54, 1.807) is 23.1 Å². The number of nitrogens with one attached hydrogen (secondary N) is 1. The Bertz CT molecular complexity index is 1700. The molecule has 1 unspecified atom stereocenters. The van der Waals surface area contributed by atoms with Crippen LogP contribution in [-0.2, 0) is 20.5 Å². The highest BCUT2D eigenvalue weighted by molar-refractivity contribution is 6.48. The molecule has 3 heterocycles. The van der Waals surface area contributed by atoms with Crippen LogP contribution in [0.1, 0.15) is 62.0 Å². The topological polar surface area (TPSA) is 113 Å². The van der Waals surface area contributed by atoms with E-state index in [9.17, 15) is 9.59 Å². The minimum atomic E-state index is -1.04. The number of hydrogen-bond acceptors (Lipinski definition) is 10. The predicted molar refractivity (Wildman–Crippen MR) is 205 cm³/mol. The number of para-hydroxylation sites is 1. The molecule has 51 heavy (non-hydrogen) atoms. The lowest BCUT2D eigenvalue weighted by Crippen LogP contribution is -2.49. The Balaban J connectivity index is 1.56. The molecule has 1 fully saturated rings. The summed E-state index contributed by atoms with van der Waals surface area (Å²) in [5.41, 5.74) is 6.40. The molecule has 0 spiro atoms. The van der Waals surface area contributed by atoms with E-state index >= 15 is 0 Å². The van der Waals surface area contributed by atoms with Gasteiger partial charge in [0.25, 0.3) is 0 Å². The number of esters is 1. The van der Waals surface area contributed by atoms with Crippen molar-refractivity contribution in [3.8, 4) is 5.75 Å². The van der Waals surface area contributed by atoms with Crippen molar-refractivity contribution in [2.45, 2.75) is 73.2 Å². The first-order valence-corrected chi connectivity index (χ1v) is 20.1. The maximum atomic E-state index is 14.2. The Labute approximate surface area is 304 Å². The van der Waals surface area contributed by atoms with Gasteiger partial charge in [0, 0.05) is 68.2 Å². The van der Waals surface area contributed by atoms with Crippen molar-refractivity contribution in [1.29, 1.82) is 0 Å². The van der Waals surface area contributed by atoms with Gasteiger partial charge in [0.2, 0.25) is 15.0 Å². The summed E-state index contributed by atoms with van der Waals surface area (Å²) in [4.78, 5) is 44.1. The number of methoxy groups -OCH3 is 2. The van der Waals surface area contributed by atoms with Crippen molar-refractivity contribution in [2.75, 3.05) is 74.0 Å². The van der Waals surface area contributed by atoms with Gasteiger partial charge in [-0.2, -0.15) is 4.98 Å². The van der Waals surface area contributed by atoms with Gasteiger partial charge in [-0.25, -0.2) is 9.78 Å². The van der Waals surface area contributed by atoms with E-state index in [1.807, 2.05) is 32.0 Å². The number of fused-ring (bicyclic) bond motifs is 1. The fraction of sp³-hybridized carbons (Fsp3) is 0.526. The Morgan fingerprint density at radius 3 is 2.35 bits per heavy atom. The molecule has 2 aliphatic rings. The maximum absolute atomic E-state index is 14.2. The Morgan fingerprint density at radius 2 is 1.75 bits per heavy atom. The van der Waals surface area contributed by atoms with Crippen molar-refractivity contribution in [2.24, 2.45) is 5.41 Å². The molecule has 0 aliphatic carbocycles. The molecule has 1 radical (unpaired) electrons. The number of piperazine rings is 1. The van der Waals surface area contributed by atoms with Gasteiger partial charge in [0.1, 0.15) is 11.6 Å². The van der Waals surface area contributed by atoms with Crippen LogP contribution in [0.4, 0.5) is 33.6 Å². The van der Waals surface area contributed by atoms with Crippen molar-refractivity contribution in [3.63, 3.8) is 0 Å². The Morgan fingerprint density at radius 1 is 1.06 bits per heavy atom. The van der Waals surface area contributed by atoms with E-state index in [1.165, 1.54) is 7.11 Å². The lowest BCUT2D eigenvalue weighted by atomic mass is 9.83. The molecule has 12 nitrogen and oxygen atoms in total. The molecule has 0 saturated carbocycles. The molecule has 2 aromatic carbocycles. The van der Waals surface area contributed by atoms with E-state index in [0.29, 0.717) is 36.2 Å². The number of nitrogens with zero attached hydrogens (tertiary/aromatic N) is 6. The van der Waals surface area contributed by atoms with E-state index in [-0.39, 0.29) is 36.5 Å². The summed E-state index contributed by atoms with van der Waals surface area (Å²) in [7, 11) is 4.15. The van der Waals surface area contributed by atoms with Crippen LogP contribution in [0.25, 0.3) is 0 Å². The van der Waals surface area contributed by atoms with Crippen LogP contribution in [0, 0.1) is 19.3 Å². The molecule has 1 atom stereocenters. The van der Waals surface area contributed by atoms with Crippen molar-refractivity contribution < 1.29 is 23.5 Å². The number of carbonyl (C=O) groups excluding carboxylic acids is 2. The molecule has 1 aromatic heterocycles. The van der Waals surface area contributed by atoms with Crippen LogP contribution in [0.5, 0.6) is 5.75 Å². The molecule has 5 rings (SSSR count). The quantitative estimate of drug-likeness (QED) is 0.158. The first-order chi connectivity index (χ1) is 24.2. The lowest BCUT2D eigenvalue weighted by molar-refractivity contribution is -0.140. The third kappa shape index (κ3) is 8.65. The summed E-state index contributed by atoms with van der Waals surface area (Å²) in [6.07, 6.45) is 2.22. The second kappa shape index (κ2) is 16.0. The number of aryl methyl sites for hydroxylation is 2. The molecular weight excluding hydrogens is 663 g/mol. The summed E-state index contributed by atoms with van der Waals surface area (Å²) in [5, 5.41) is 3.44. The summed E-state index contributed by atoms with van der Waals surface area (Å²) in [6, 6.07) is 10.0. The minimum absolute atomic E-state index is 0.161. The number of amides is 2. The Kier molecular flexibility index (Phi) is 11.9. The van der Waals surface area contributed by atoms with Gasteiger partial charge in [-0.1, -0.05) is 39.0 Å². The standard InChI is InChI=1S/C38H54N7O5Si/c1-25-13-11-14-26(2)33(25)45-24-27-23-39-36(41-35(27)44(37(45)47)16-12-15-32(46)49-8)40-29-21-28(34(38(3,4)5)50-51(9)10)30(22-31(29)48-7)43-19-17-42(6)18-20-43/h11,13-14,21-23,34H,12,15-20,24H2,1-10H3,(H,39,40,41). The molecule has 275 valence electrons.